The second-order valence-electron chi connectivity index (χ2n) is 5.79. The van der Waals surface area contributed by atoms with Gasteiger partial charge in [-0.15, -0.1) is 0 Å². The van der Waals surface area contributed by atoms with Crippen molar-refractivity contribution in [2.24, 2.45) is 5.73 Å². The predicted octanol–water partition coefficient (Wildman–Crippen LogP) is -2.17. The topological polar surface area (TPSA) is 188 Å². The van der Waals surface area contributed by atoms with Crippen molar-refractivity contribution in [1.29, 1.82) is 0 Å². The van der Waals surface area contributed by atoms with Crippen LogP contribution in [0.15, 0.2) is 30.3 Å². The summed E-state index contributed by atoms with van der Waals surface area (Å²) in [5.74, 6) is -5.03. The van der Waals surface area contributed by atoms with Crippen molar-refractivity contribution in [1.82, 2.24) is 16.0 Å². The fraction of sp³-hybridized carbons (Fsp3) is 0.353. The number of rotatable bonds is 11. The minimum absolute atomic E-state index is 0.150. The highest BCUT2D eigenvalue weighted by Crippen LogP contribution is 2.03. The molecule has 1 aromatic carbocycles. The van der Waals surface area contributed by atoms with E-state index in [2.05, 4.69) is 10.6 Å². The maximum Gasteiger partial charge on any atom is 0.326 e. The summed E-state index contributed by atoms with van der Waals surface area (Å²) in [5, 5.41) is 24.3. The fourth-order valence-electron chi connectivity index (χ4n) is 2.22. The van der Waals surface area contributed by atoms with Crippen molar-refractivity contribution in [2.75, 3.05) is 13.1 Å². The van der Waals surface area contributed by atoms with Crippen molar-refractivity contribution in [2.45, 2.75) is 24.9 Å². The van der Waals surface area contributed by atoms with Crippen LogP contribution in [0.25, 0.3) is 0 Å². The zero-order chi connectivity index (χ0) is 21.1. The molecule has 0 heterocycles. The van der Waals surface area contributed by atoms with E-state index in [1.54, 1.807) is 30.3 Å². The SMILES string of the molecule is NCC(=O)N[C@H](Cc1ccccc1)C(=O)NCC(=O)N[C@@H](CC(=O)O)C(=O)O. The number of amides is 3. The first-order valence-electron chi connectivity index (χ1n) is 8.28. The van der Waals surface area contributed by atoms with E-state index in [9.17, 15) is 24.0 Å². The summed E-state index contributed by atoms with van der Waals surface area (Å²) in [4.78, 5) is 57.3. The van der Waals surface area contributed by atoms with Crippen LogP contribution in [-0.2, 0) is 30.4 Å². The second-order valence-corrected chi connectivity index (χ2v) is 5.79. The molecule has 2 atom stereocenters. The van der Waals surface area contributed by atoms with E-state index in [4.69, 9.17) is 15.9 Å². The van der Waals surface area contributed by atoms with Crippen molar-refractivity contribution in [3.05, 3.63) is 35.9 Å². The smallest absolute Gasteiger partial charge is 0.326 e. The molecule has 7 N–H and O–H groups in total. The minimum atomic E-state index is -1.63. The predicted molar refractivity (Wildman–Crippen MR) is 96.0 cm³/mol. The van der Waals surface area contributed by atoms with Crippen LogP contribution in [0, 0.1) is 0 Å². The van der Waals surface area contributed by atoms with Gasteiger partial charge in [0.2, 0.25) is 17.7 Å². The lowest BCUT2D eigenvalue weighted by Crippen LogP contribution is -2.52. The number of nitrogens with two attached hydrogens (primary N) is 1. The van der Waals surface area contributed by atoms with E-state index in [-0.39, 0.29) is 13.0 Å². The molecule has 0 unspecified atom stereocenters. The number of carbonyl (C=O) groups is 5. The monoisotopic (exact) mass is 394 g/mol. The van der Waals surface area contributed by atoms with E-state index in [0.717, 1.165) is 5.56 Å². The van der Waals surface area contributed by atoms with Gasteiger partial charge in [0.25, 0.3) is 0 Å². The number of carbonyl (C=O) groups excluding carboxylic acids is 3. The number of hydrogen-bond acceptors (Lipinski definition) is 6. The molecule has 0 aromatic heterocycles. The van der Waals surface area contributed by atoms with Crippen molar-refractivity contribution >= 4 is 29.7 Å². The average Bonchev–Trinajstić information content (AvgIpc) is 2.65. The lowest BCUT2D eigenvalue weighted by Gasteiger charge is -2.19. The van der Waals surface area contributed by atoms with Gasteiger partial charge in [0.1, 0.15) is 12.1 Å². The number of benzene rings is 1. The van der Waals surface area contributed by atoms with Gasteiger partial charge in [-0.1, -0.05) is 30.3 Å². The third kappa shape index (κ3) is 8.27. The van der Waals surface area contributed by atoms with Crippen LogP contribution >= 0.6 is 0 Å². The van der Waals surface area contributed by atoms with E-state index in [1.165, 1.54) is 0 Å². The minimum Gasteiger partial charge on any atom is -0.481 e. The highest BCUT2D eigenvalue weighted by molar-refractivity contribution is 5.92. The van der Waals surface area contributed by atoms with Gasteiger partial charge in [-0.25, -0.2) is 4.79 Å². The number of nitrogens with one attached hydrogen (secondary N) is 3. The molecule has 152 valence electrons. The molecule has 0 radical (unpaired) electrons. The molecule has 0 fully saturated rings. The van der Waals surface area contributed by atoms with Crippen LogP contribution in [-0.4, -0.2) is 65.0 Å². The van der Waals surface area contributed by atoms with E-state index in [0.29, 0.717) is 0 Å². The Hall–Kier alpha value is -3.47. The highest BCUT2D eigenvalue weighted by atomic mass is 16.4. The van der Waals surface area contributed by atoms with Gasteiger partial charge in [0, 0.05) is 6.42 Å². The Balaban J connectivity index is 2.68. The first-order chi connectivity index (χ1) is 13.2. The third-order valence-electron chi connectivity index (χ3n) is 3.55. The maximum atomic E-state index is 12.3. The maximum absolute atomic E-state index is 12.3. The summed E-state index contributed by atoms with van der Waals surface area (Å²) in [6, 6.07) is 6.20. The van der Waals surface area contributed by atoms with Gasteiger partial charge in [-0.05, 0) is 5.56 Å². The molecule has 0 bridgehead atoms. The third-order valence-corrected chi connectivity index (χ3v) is 3.55. The molecular weight excluding hydrogens is 372 g/mol. The Labute approximate surface area is 160 Å². The van der Waals surface area contributed by atoms with Crippen LogP contribution < -0.4 is 21.7 Å². The Bertz CT molecular complexity index is 723. The van der Waals surface area contributed by atoms with Crippen LogP contribution in [0.3, 0.4) is 0 Å². The Kier molecular flexibility index (Phi) is 9.10. The molecule has 0 aliphatic carbocycles. The molecule has 0 saturated carbocycles. The summed E-state index contributed by atoms with van der Waals surface area (Å²) in [6.07, 6.45) is -0.658. The van der Waals surface area contributed by atoms with Gasteiger partial charge in [-0.2, -0.15) is 0 Å². The van der Waals surface area contributed by atoms with Crippen molar-refractivity contribution < 1.29 is 34.2 Å². The summed E-state index contributed by atoms with van der Waals surface area (Å²) in [5.41, 5.74) is 6.01. The molecule has 1 rings (SSSR count). The average molecular weight is 394 g/mol. The lowest BCUT2D eigenvalue weighted by molar-refractivity contribution is -0.147. The number of hydrogen-bond donors (Lipinski definition) is 6. The normalized spacial score (nSPS) is 12.3. The molecule has 1 aromatic rings. The summed E-state index contributed by atoms with van der Waals surface area (Å²) >= 11 is 0. The first kappa shape index (κ1) is 22.6. The zero-order valence-corrected chi connectivity index (χ0v) is 14.9. The van der Waals surface area contributed by atoms with E-state index in [1.807, 2.05) is 5.32 Å². The van der Waals surface area contributed by atoms with E-state index < -0.39 is 54.7 Å². The summed E-state index contributed by atoms with van der Waals surface area (Å²) in [7, 11) is 0. The quantitative estimate of drug-likeness (QED) is 0.244. The molecule has 0 saturated heterocycles. The lowest BCUT2D eigenvalue weighted by atomic mass is 10.1. The molecule has 3 amide bonds. The van der Waals surface area contributed by atoms with Gasteiger partial charge in [0.15, 0.2) is 0 Å². The Morgan fingerprint density at radius 3 is 2.07 bits per heavy atom. The highest BCUT2D eigenvalue weighted by Gasteiger charge is 2.25. The zero-order valence-electron chi connectivity index (χ0n) is 14.9. The largest absolute Gasteiger partial charge is 0.481 e. The second kappa shape index (κ2) is 11.3. The van der Waals surface area contributed by atoms with Crippen LogP contribution in [0.4, 0.5) is 0 Å². The van der Waals surface area contributed by atoms with Gasteiger partial charge in [-0.3, -0.25) is 19.2 Å². The first-order valence-corrected chi connectivity index (χ1v) is 8.28. The molecule has 11 nitrogen and oxygen atoms in total. The van der Waals surface area contributed by atoms with Crippen LogP contribution in [0.1, 0.15) is 12.0 Å². The molecule has 11 heteroatoms. The fourth-order valence-corrected chi connectivity index (χ4v) is 2.22. The molecule has 0 aliphatic heterocycles. The van der Waals surface area contributed by atoms with Crippen LogP contribution in [0.2, 0.25) is 0 Å². The molecule has 0 aliphatic rings. The standard InChI is InChI=1S/C17H22N4O7/c18-8-13(22)20-11(6-10-4-2-1-3-5-10)16(26)19-9-14(23)21-12(17(27)28)7-15(24)25/h1-5,11-12H,6-9,18H2,(H,19,26)(H,20,22)(H,21,23)(H,24,25)(H,27,28)/t11-,12+/m1/s1. The molecule has 28 heavy (non-hydrogen) atoms. The van der Waals surface area contributed by atoms with Gasteiger partial charge >= 0.3 is 11.9 Å². The van der Waals surface area contributed by atoms with E-state index >= 15 is 0 Å². The number of carboxylic acid groups (broad SMARTS) is 2. The Morgan fingerprint density at radius 1 is 0.929 bits per heavy atom. The molecular formula is C17H22N4O7. The van der Waals surface area contributed by atoms with Crippen molar-refractivity contribution in [3.8, 4) is 0 Å². The number of carboxylic acids is 2. The Morgan fingerprint density at radius 2 is 1.54 bits per heavy atom. The summed E-state index contributed by atoms with van der Waals surface area (Å²) in [6.45, 7) is -0.916. The van der Waals surface area contributed by atoms with Crippen molar-refractivity contribution in [3.63, 3.8) is 0 Å². The molecule has 0 spiro atoms. The van der Waals surface area contributed by atoms with Gasteiger partial charge < -0.3 is 31.9 Å². The number of aliphatic carboxylic acids is 2. The summed E-state index contributed by atoms with van der Waals surface area (Å²) < 4.78 is 0. The van der Waals surface area contributed by atoms with Crippen LogP contribution in [0.5, 0.6) is 0 Å². The van der Waals surface area contributed by atoms with Gasteiger partial charge in [0.05, 0.1) is 19.5 Å².